The third kappa shape index (κ3) is 4.16. The number of halogens is 3. The molecule has 21 heavy (non-hydrogen) atoms. The van der Waals surface area contributed by atoms with E-state index in [1.165, 1.54) is 0 Å². The highest BCUT2D eigenvalue weighted by molar-refractivity contribution is 7.15. The first-order valence-electron chi connectivity index (χ1n) is 6.63. The van der Waals surface area contributed by atoms with Crippen LogP contribution in [-0.4, -0.2) is 18.1 Å². The Bertz CT molecular complexity index is 588. The minimum Gasteiger partial charge on any atom is -0.378 e. The molecule has 0 aliphatic carbocycles. The molecular formula is C14H16Cl3N3S. The summed E-state index contributed by atoms with van der Waals surface area (Å²) in [5, 5.41) is 5.83. The van der Waals surface area contributed by atoms with Gasteiger partial charge in [0.05, 0.1) is 22.3 Å². The molecule has 0 aliphatic rings. The van der Waals surface area contributed by atoms with Gasteiger partial charge >= 0.3 is 0 Å². The zero-order valence-corrected chi connectivity index (χ0v) is 14.9. The summed E-state index contributed by atoms with van der Waals surface area (Å²) in [7, 11) is 0. The van der Waals surface area contributed by atoms with E-state index in [0.29, 0.717) is 27.3 Å². The van der Waals surface area contributed by atoms with Gasteiger partial charge in [-0.3, -0.25) is 0 Å². The fourth-order valence-electron chi connectivity index (χ4n) is 1.91. The minimum absolute atomic E-state index is 0.515. The Morgan fingerprint density at radius 1 is 1.14 bits per heavy atom. The van der Waals surface area contributed by atoms with Crippen molar-refractivity contribution in [3.63, 3.8) is 0 Å². The van der Waals surface area contributed by atoms with Crippen LogP contribution >= 0.6 is 46.1 Å². The molecule has 0 amide bonds. The first-order chi connectivity index (χ1) is 10.0. The Morgan fingerprint density at radius 3 is 2.33 bits per heavy atom. The zero-order valence-electron chi connectivity index (χ0n) is 11.8. The normalized spacial score (nSPS) is 10.7. The Kier molecular flexibility index (Phi) is 5.99. The van der Waals surface area contributed by atoms with Crippen LogP contribution in [0.4, 0.5) is 10.8 Å². The Labute approximate surface area is 143 Å². The van der Waals surface area contributed by atoms with Crippen LogP contribution in [0.5, 0.6) is 0 Å². The summed E-state index contributed by atoms with van der Waals surface area (Å²) in [5.41, 5.74) is 0.695. The van der Waals surface area contributed by atoms with Gasteiger partial charge in [-0.15, -0.1) is 11.3 Å². The Balaban J connectivity index is 2.07. The smallest absolute Gasteiger partial charge is 0.185 e. The molecule has 3 nitrogen and oxygen atoms in total. The third-order valence-corrected chi connectivity index (χ3v) is 4.89. The molecule has 0 aliphatic heterocycles. The summed E-state index contributed by atoms with van der Waals surface area (Å²) < 4.78 is 0. The van der Waals surface area contributed by atoms with E-state index in [2.05, 4.69) is 29.0 Å². The highest BCUT2D eigenvalue weighted by atomic mass is 35.5. The van der Waals surface area contributed by atoms with Gasteiger partial charge in [-0.1, -0.05) is 34.8 Å². The molecule has 114 valence electrons. The molecule has 0 unspecified atom stereocenters. The summed E-state index contributed by atoms with van der Waals surface area (Å²) in [6, 6.07) is 3.34. The number of hydrogen-bond donors (Lipinski definition) is 1. The number of anilines is 2. The fourth-order valence-corrected chi connectivity index (χ4v) is 3.83. The van der Waals surface area contributed by atoms with Crippen molar-refractivity contribution in [2.45, 2.75) is 20.4 Å². The van der Waals surface area contributed by atoms with Crippen LogP contribution in [0, 0.1) is 0 Å². The number of nitrogens with one attached hydrogen (secondary N) is 1. The summed E-state index contributed by atoms with van der Waals surface area (Å²) in [6.07, 6.45) is 1.88. The molecule has 1 aromatic heterocycles. The van der Waals surface area contributed by atoms with Crippen molar-refractivity contribution < 1.29 is 0 Å². The summed E-state index contributed by atoms with van der Waals surface area (Å²) in [4.78, 5) is 7.79. The van der Waals surface area contributed by atoms with Gasteiger partial charge in [0.25, 0.3) is 0 Å². The second-order valence-electron chi connectivity index (χ2n) is 4.38. The van der Waals surface area contributed by atoms with Gasteiger partial charge in [-0.05, 0) is 26.0 Å². The molecule has 0 radical (unpaired) electrons. The average molecular weight is 365 g/mol. The van der Waals surface area contributed by atoms with Crippen molar-refractivity contribution in [1.29, 1.82) is 0 Å². The largest absolute Gasteiger partial charge is 0.378 e. The van der Waals surface area contributed by atoms with Gasteiger partial charge in [0.1, 0.15) is 0 Å². The lowest BCUT2D eigenvalue weighted by Crippen LogP contribution is -2.21. The number of aromatic nitrogens is 1. The van der Waals surface area contributed by atoms with E-state index in [9.17, 15) is 0 Å². The van der Waals surface area contributed by atoms with Crippen LogP contribution in [-0.2, 0) is 6.54 Å². The van der Waals surface area contributed by atoms with Crippen molar-refractivity contribution in [2.75, 3.05) is 23.3 Å². The highest BCUT2D eigenvalue weighted by Gasteiger charge is 2.10. The van der Waals surface area contributed by atoms with E-state index >= 15 is 0 Å². The van der Waals surface area contributed by atoms with E-state index in [4.69, 9.17) is 34.8 Å². The molecule has 0 fully saturated rings. The maximum absolute atomic E-state index is 6.15. The SMILES string of the molecule is CCN(CC)c1ncc(CNc2c(Cl)cc(Cl)cc2Cl)s1. The Hall–Kier alpha value is -0.680. The van der Waals surface area contributed by atoms with E-state index in [1.807, 2.05) is 6.20 Å². The van der Waals surface area contributed by atoms with Gasteiger partial charge in [0.2, 0.25) is 0 Å². The lowest BCUT2D eigenvalue weighted by molar-refractivity contribution is 0.860. The fraction of sp³-hybridized carbons (Fsp3) is 0.357. The highest BCUT2D eigenvalue weighted by Crippen LogP contribution is 2.34. The van der Waals surface area contributed by atoms with Crippen LogP contribution in [0.1, 0.15) is 18.7 Å². The number of benzene rings is 1. The number of thiazole rings is 1. The molecule has 1 aromatic carbocycles. The summed E-state index contributed by atoms with van der Waals surface area (Å²) in [5.74, 6) is 0. The lowest BCUT2D eigenvalue weighted by atomic mass is 10.3. The summed E-state index contributed by atoms with van der Waals surface area (Å²) >= 11 is 19.9. The standard InChI is InChI=1S/C14H16Cl3N3S/c1-3-20(4-2)14-19-8-10(21-14)7-18-13-11(16)5-9(15)6-12(13)17/h5-6,8,18H,3-4,7H2,1-2H3. The molecule has 7 heteroatoms. The van der Waals surface area contributed by atoms with Crippen LogP contribution in [0.3, 0.4) is 0 Å². The third-order valence-electron chi connectivity index (χ3n) is 3.02. The molecule has 2 aromatic rings. The second-order valence-corrected chi connectivity index (χ2v) is 6.72. The predicted molar refractivity (Wildman–Crippen MR) is 94.5 cm³/mol. The molecule has 1 heterocycles. The van der Waals surface area contributed by atoms with Crippen molar-refractivity contribution in [1.82, 2.24) is 4.98 Å². The molecule has 1 N–H and O–H groups in total. The maximum Gasteiger partial charge on any atom is 0.185 e. The van der Waals surface area contributed by atoms with E-state index in [1.54, 1.807) is 23.5 Å². The molecular weight excluding hydrogens is 349 g/mol. The monoisotopic (exact) mass is 363 g/mol. The number of nitrogens with zero attached hydrogens (tertiary/aromatic N) is 2. The van der Waals surface area contributed by atoms with E-state index < -0.39 is 0 Å². The molecule has 0 atom stereocenters. The lowest BCUT2D eigenvalue weighted by Gasteiger charge is -2.16. The van der Waals surface area contributed by atoms with E-state index in [-0.39, 0.29) is 0 Å². The maximum atomic E-state index is 6.15. The second kappa shape index (κ2) is 7.54. The molecule has 0 saturated carbocycles. The van der Waals surface area contributed by atoms with Gasteiger partial charge in [0.15, 0.2) is 5.13 Å². The molecule has 0 bridgehead atoms. The van der Waals surface area contributed by atoms with Gasteiger partial charge in [-0.2, -0.15) is 0 Å². The van der Waals surface area contributed by atoms with Crippen molar-refractivity contribution in [2.24, 2.45) is 0 Å². The van der Waals surface area contributed by atoms with E-state index in [0.717, 1.165) is 23.1 Å². The van der Waals surface area contributed by atoms with Crippen molar-refractivity contribution >= 4 is 57.0 Å². The average Bonchev–Trinajstić information content (AvgIpc) is 2.87. The van der Waals surface area contributed by atoms with Crippen LogP contribution in [0.15, 0.2) is 18.3 Å². The van der Waals surface area contributed by atoms with Crippen molar-refractivity contribution in [3.05, 3.63) is 38.3 Å². The minimum atomic E-state index is 0.515. The Morgan fingerprint density at radius 2 is 1.76 bits per heavy atom. The topological polar surface area (TPSA) is 28.2 Å². The zero-order chi connectivity index (χ0) is 15.4. The first-order valence-corrected chi connectivity index (χ1v) is 8.58. The van der Waals surface area contributed by atoms with Crippen LogP contribution < -0.4 is 10.2 Å². The predicted octanol–water partition coefficient (Wildman–Crippen LogP) is 5.56. The molecule has 2 rings (SSSR count). The quantitative estimate of drug-likeness (QED) is 0.727. The van der Waals surface area contributed by atoms with Crippen LogP contribution in [0.2, 0.25) is 15.1 Å². The van der Waals surface area contributed by atoms with Gasteiger partial charge in [0, 0.05) is 29.2 Å². The first kappa shape index (κ1) is 16.7. The van der Waals surface area contributed by atoms with Gasteiger partial charge < -0.3 is 10.2 Å². The number of hydrogen-bond acceptors (Lipinski definition) is 4. The molecule has 0 saturated heterocycles. The van der Waals surface area contributed by atoms with Crippen molar-refractivity contribution in [3.8, 4) is 0 Å². The van der Waals surface area contributed by atoms with Crippen LogP contribution in [0.25, 0.3) is 0 Å². The molecule has 0 spiro atoms. The number of rotatable bonds is 6. The summed E-state index contributed by atoms with van der Waals surface area (Å²) in [6.45, 7) is 6.77. The van der Waals surface area contributed by atoms with Gasteiger partial charge in [-0.25, -0.2) is 4.98 Å².